The molecule has 3 nitrogen and oxygen atoms in total. The van der Waals surface area contributed by atoms with Gasteiger partial charge in [0.25, 0.3) is 0 Å². The highest BCUT2D eigenvalue weighted by Gasteiger charge is 2.16. The van der Waals surface area contributed by atoms with E-state index in [4.69, 9.17) is 16.3 Å². The number of ether oxygens (including phenoxy) is 1. The van der Waals surface area contributed by atoms with Crippen molar-refractivity contribution in [1.29, 1.82) is 0 Å². The fourth-order valence-corrected chi connectivity index (χ4v) is 2.63. The number of rotatable bonds is 8. The molecular formula is C17H26ClNO2. The van der Waals surface area contributed by atoms with Crippen LogP contribution in [0, 0.1) is 11.8 Å². The number of carbonyl (C=O) groups excluding carboxylic acids is 1. The minimum absolute atomic E-state index is 0.0980. The SMILES string of the molecule is COc1ccc(C(=O)CN(CC(C)C)CC(C)C)cc1Cl. The Morgan fingerprint density at radius 1 is 1.19 bits per heavy atom. The molecule has 0 saturated heterocycles. The van der Waals surface area contributed by atoms with E-state index in [1.807, 2.05) is 0 Å². The Labute approximate surface area is 133 Å². The van der Waals surface area contributed by atoms with Crippen molar-refractivity contribution in [1.82, 2.24) is 4.90 Å². The molecule has 118 valence electrons. The topological polar surface area (TPSA) is 29.5 Å². The van der Waals surface area contributed by atoms with Gasteiger partial charge < -0.3 is 4.74 Å². The predicted octanol–water partition coefficient (Wildman–Crippen LogP) is 4.15. The minimum Gasteiger partial charge on any atom is -0.495 e. The molecule has 0 aliphatic heterocycles. The maximum Gasteiger partial charge on any atom is 0.176 e. The number of hydrogen-bond acceptors (Lipinski definition) is 3. The Bertz CT molecular complexity index is 462. The lowest BCUT2D eigenvalue weighted by molar-refractivity contribution is 0.0912. The highest BCUT2D eigenvalue weighted by atomic mass is 35.5. The van der Waals surface area contributed by atoms with Gasteiger partial charge in [0, 0.05) is 18.7 Å². The Hall–Kier alpha value is -1.06. The van der Waals surface area contributed by atoms with E-state index in [2.05, 4.69) is 32.6 Å². The van der Waals surface area contributed by atoms with Crippen LogP contribution < -0.4 is 4.74 Å². The molecule has 0 bridgehead atoms. The van der Waals surface area contributed by atoms with E-state index in [9.17, 15) is 4.79 Å². The van der Waals surface area contributed by atoms with Gasteiger partial charge >= 0.3 is 0 Å². The van der Waals surface area contributed by atoms with Gasteiger partial charge in [-0.05, 0) is 30.0 Å². The molecule has 0 radical (unpaired) electrons. The molecule has 1 aromatic rings. The van der Waals surface area contributed by atoms with Crippen molar-refractivity contribution in [2.45, 2.75) is 27.7 Å². The average molecular weight is 312 g/mol. The molecule has 0 aliphatic carbocycles. The lowest BCUT2D eigenvalue weighted by Gasteiger charge is -2.25. The van der Waals surface area contributed by atoms with Crippen LogP contribution in [0.3, 0.4) is 0 Å². The van der Waals surface area contributed by atoms with Gasteiger partial charge in [0.1, 0.15) is 5.75 Å². The fourth-order valence-electron chi connectivity index (χ4n) is 2.37. The number of nitrogens with zero attached hydrogens (tertiary/aromatic N) is 1. The van der Waals surface area contributed by atoms with Gasteiger partial charge in [0.2, 0.25) is 0 Å². The van der Waals surface area contributed by atoms with Gasteiger partial charge in [-0.1, -0.05) is 39.3 Å². The molecule has 0 spiro atoms. The van der Waals surface area contributed by atoms with E-state index >= 15 is 0 Å². The summed E-state index contributed by atoms with van der Waals surface area (Å²) in [6.07, 6.45) is 0. The third-order valence-electron chi connectivity index (χ3n) is 3.09. The van der Waals surface area contributed by atoms with Crippen molar-refractivity contribution in [2.75, 3.05) is 26.7 Å². The van der Waals surface area contributed by atoms with Crippen LogP contribution >= 0.6 is 11.6 Å². The van der Waals surface area contributed by atoms with E-state index in [1.54, 1.807) is 25.3 Å². The second kappa shape index (κ2) is 8.40. The maximum absolute atomic E-state index is 12.4. The summed E-state index contributed by atoms with van der Waals surface area (Å²) in [5.74, 6) is 1.77. The van der Waals surface area contributed by atoms with E-state index < -0.39 is 0 Å². The number of carbonyl (C=O) groups is 1. The van der Waals surface area contributed by atoms with E-state index in [1.165, 1.54) is 0 Å². The van der Waals surface area contributed by atoms with E-state index in [-0.39, 0.29) is 5.78 Å². The molecule has 0 saturated carbocycles. The maximum atomic E-state index is 12.4. The molecule has 0 heterocycles. The Morgan fingerprint density at radius 2 is 1.76 bits per heavy atom. The lowest BCUT2D eigenvalue weighted by atomic mass is 10.1. The first-order valence-corrected chi connectivity index (χ1v) is 7.80. The molecule has 4 heteroatoms. The molecule has 0 atom stereocenters. The third kappa shape index (κ3) is 6.06. The van der Waals surface area contributed by atoms with Gasteiger partial charge in [0.05, 0.1) is 18.7 Å². The summed E-state index contributed by atoms with van der Waals surface area (Å²) in [7, 11) is 1.57. The molecule has 0 fully saturated rings. The molecule has 0 unspecified atom stereocenters. The van der Waals surface area contributed by atoms with Crippen LogP contribution in [0.1, 0.15) is 38.1 Å². The standard InChI is InChI=1S/C17H26ClNO2/c1-12(2)9-19(10-13(3)4)11-16(20)14-6-7-17(21-5)15(18)8-14/h6-8,12-13H,9-11H2,1-5H3. The third-order valence-corrected chi connectivity index (χ3v) is 3.38. The Balaban J connectivity index is 2.78. The van der Waals surface area contributed by atoms with Gasteiger partial charge in [0.15, 0.2) is 5.78 Å². The summed E-state index contributed by atoms with van der Waals surface area (Å²) in [5, 5.41) is 0.475. The van der Waals surface area contributed by atoms with Gasteiger partial charge in [-0.2, -0.15) is 0 Å². The van der Waals surface area contributed by atoms with Gasteiger partial charge in [-0.3, -0.25) is 9.69 Å². The van der Waals surface area contributed by atoms with Crippen LogP contribution in [-0.2, 0) is 0 Å². The summed E-state index contributed by atoms with van der Waals surface area (Å²) in [4.78, 5) is 14.6. The van der Waals surface area contributed by atoms with Crippen LogP contribution in [-0.4, -0.2) is 37.4 Å². The summed E-state index contributed by atoms with van der Waals surface area (Å²) < 4.78 is 5.11. The molecule has 1 aromatic carbocycles. The first-order chi connectivity index (χ1) is 9.83. The number of ketones is 1. The monoisotopic (exact) mass is 311 g/mol. The Morgan fingerprint density at radius 3 is 2.19 bits per heavy atom. The van der Waals surface area contributed by atoms with Gasteiger partial charge in [-0.15, -0.1) is 0 Å². The van der Waals surface area contributed by atoms with Crippen LogP contribution in [0.15, 0.2) is 18.2 Å². The number of methoxy groups -OCH3 is 1. The van der Waals surface area contributed by atoms with Crippen molar-refractivity contribution in [2.24, 2.45) is 11.8 Å². The smallest absolute Gasteiger partial charge is 0.176 e. The highest BCUT2D eigenvalue weighted by molar-refractivity contribution is 6.32. The first kappa shape index (κ1) is 18.0. The van der Waals surface area contributed by atoms with Crippen molar-refractivity contribution in [3.63, 3.8) is 0 Å². The first-order valence-electron chi connectivity index (χ1n) is 7.42. The number of halogens is 1. The highest BCUT2D eigenvalue weighted by Crippen LogP contribution is 2.25. The quantitative estimate of drug-likeness (QED) is 0.676. The average Bonchev–Trinajstić information content (AvgIpc) is 2.36. The second-order valence-corrected chi connectivity index (χ2v) is 6.66. The minimum atomic E-state index is 0.0980. The molecule has 0 aliphatic rings. The zero-order valence-electron chi connectivity index (χ0n) is 13.6. The molecule has 1 rings (SSSR count). The zero-order chi connectivity index (χ0) is 16.0. The second-order valence-electron chi connectivity index (χ2n) is 6.25. The van der Waals surface area contributed by atoms with Crippen molar-refractivity contribution in [3.8, 4) is 5.75 Å². The van der Waals surface area contributed by atoms with Crippen molar-refractivity contribution in [3.05, 3.63) is 28.8 Å². The normalized spacial score (nSPS) is 11.5. The molecule has 21 heavy (non-hydrogen) atoms. The number of Topliss-reactive ketones (excluding diaryl/α,β-unsaturated/α-hetero) is 1. The summed E-state index contributed by atoms with van der Waals surface area (Å²) in [5.41, 5.74) is 0.637. The Kier molecular flexibility index (Phi) is 7.20. The number of hydrogen-bond donors (Lipinski definition) is 0. The summed E-state index contributed by atoms with van der Waals surface area (Å²) in [6, 6.07) is 5.20. The fraction of sp³-hybridized carbons (Fsp3) is 0.588. The molecule has 0 N–H and O–H groups in total. The van der Waals surface area contributed by atoms with Crippen LogP contribution in [0.2, 0.25) is 5.02 Å². The number of benzene rings is 1. The predicted molar refractivity (Wildman–Crippen MR) is 88.5 cm³/mol. The zero-order valence-corrected chi connectivity index (χ0v) is 14.4. The lowest BCUT2D eigenvalue weighted by Crippen LogP contribution is -2.35. The summed E-state index contributed by atoms with van der Waals surface area (Å²) >= 11 is 6.09. The molecule has 0 amide bonds. The summed E-state index contributed by atoms with van der Waals surface area (Å²) in [6.45, 7) is 11.0. The van der Waals surface area contributed by atoms with Crippen LogP contribution in [0.4, 0.5) is 0 Å². The van der Waals surface area contributed by atoms with Crippen LogP contribution in [0.25, 0.3) is 0 Å². The van der Waals surface area contributed by atoms with E-state index in [0.29, 0.717) is 34.7 Å². The van der Waals surface area contributed by atoms with Crippen molar-refractivity contribution >= 4 is 17.4 Å². The van der Waals surface area contributed by atoms with Crippen molar-refractivity contribution < 1.29 is 9.53 Å². The molecular weight excluding hydrogens is 286 g/mol. The van der Waals surface area contributed by atoms with Crippen LogP contribution in [0.5, 0.6) is 5.75 Å². The van der Waals surface area contributed by atoms with E-state index in [0.717, 1.165) is 13.1 Å². The van der Waals surface area contributed by atoms with Gasteiger partial charge in [-0.25, -0.2) is 0 Å². The molecule has 0 aromatic heterocycles. The largest absolute Gasteiger partial charge is 0.495 e.